The van der Waals surface area contributed by atoms with E-state index in [1.165, 1.54) is 26.0 Å². The van der Waals surface area contributed by atoms with Crippen molar-refractivity contribution in [1.29, 1.82) is 0 Å². The highest BCUT2D eigenvalue weighted by Gasteiger charge is 2.14. The van der Waals surface area contributed by atoms with Crippen LogP contribution in [0.2, 0.25) is 0 Å². The maximum atomic E-state index is 14.6. The summed E-state index contributed by atoms with van der Waals surface area (Å²) in [6.07, 6.45) is 9.87. The fourth-order valence-corrected chi connectivity index (χ4v) is 6.84. The number of anilines is 6. The van der Waals surface area contributed by atoms with E-state index in [9.17, 15) is 18.4 Å². The number of carbonyl (C=O) groups excluding carboxylic acids is 2. The number of imidazole rings is 1. The van der Waals surface area contributed by atoms with Gasteiger partial charge in [-0.15, -0.1) is 0 Å². The second-order valence-electron chi connectivity index (χ2n) is 15.1. The average molecular weight is 1020 g/mol. The van der Waals surface area contributed by atoms with Crippen LogP contribution in [0.4, 0.5) is 49.1 Å². The molecule has 0 aliphatic heterocycles. The van der Waals surface area contributed by atoms with Gasteiger partial charge in [-0.3, -0.25) is 19.6 Å². The molecule has 0 aliphatic rings. The third-order valence-electron chi connectivity index (χ3n) is 10.0. The molecule has 380 valence electrons. The van der Waals surface area contributed by atoms with Gasteiger partial charge in [-0.2, -0.15) is 4.99 Å². The predicted octanol–water partition coefficient (Wildman–Crippen LogP) is 13.7. The van der Waals surface area contributed by atoms with Crippen molar-refractivity contribution in [1.82, 2.24) is 29.5 Å². The van der Waals surface area contributed by atoms with E-state index in [-0.39, 0.29) is 45.6 Å². The number of halogens is 2. The van der Waals surface area contributed by atoms with E-state index < -0.39 is 5.82 Å². The zero-order valence-corrected chi connectivity index (χ0v) is 39.3. The number of nitrogens with one attached hydrogen (secondary N) is 4. The van der Waals surface area contributed by atoms with Gasteiger partial charge in [0, 0.05) is 89.4 Å². The minimum absolute atomic E-state index is 0. The lowest BCUT2D eigenvalue weighted by Crippen LogP contribution is -2.07. The summed E-state index contributed by atoms with van der Waals surface area (Å²) in [5, 5.41) is 13.5. The molecule has 0 spiro atoms. The highest BCUT2D eigenvalue weighted by atomic mass is 32.1. The fourth-order valence-electron chi connectivity index (χ4n) is 6.74. The van der Waals surface area contributed by atoms with Gasteiger partial charge in [0.05, 0.1) is 33.3 Å². The number of nitrogens with two attached hydrogens (primary N) is 1. The van der Waals surface area contributed by atoms with Crippen LogP contribution in [0.5, 0.6) is 23.0 Å². The summed E-state index contributed by atoms with van der Waals surface area (Å²) in [7, 11) is 3.65. The van der Waals surface area contributed by atoms with E-state index in [2.05, 4.69) is 68.6 Å². The van der Waals surface area contributed by atoms with E-state index in [0.29, 0.717) is 57.5 Å². The van der Waals surface area contributed by atoms with E-state index in [0.717, 1.165) is 33.5 Å². The minimum Gasteiger partial charge on any atom is -0.457 e. The number of ether oxygens (including phenoxy) is 2. The molecule has 74 heavy (non-hydrogen) atoms. The van der Waals surface area contributed by atoms with Crippen molar-refractivity contribution in [2.45, 2.75) is 36.1 Å². The van der Waals surface area contributed by atoms with Gasteiger partial charge in [-0.25, -0.2) is 23.7 Å². The molecule has 19 heteroatoms. The first-order valence-corrected chi connectivity index (χ1v) is 21.9. The normalized spacial score (nSPS) is 9.86. The summed E-state index contributed by atoms with van der Waals surface area (Å²) >= 11 is 4.46. The summed E-state index contributed by atoms with van der Waals surface area (Å²) in [6.45, 7) is 2.84. The molecule has 0 fully saturated rings. The molecule has 0 aliphatic carbocycles. The Morgan fingerprint density at radius 2 is 1.14 bits per heavy atom. The number of hydrogen-bond donors (Lipinski definition) is 5. The standard InChI is InChI=1S/C26H21FN6O2.C14H16N4O2.C12H7FN2S.3CH4/c1-16(34)30-25-15-20(9-12-29-25)35-19-4-6-24-23(14-19)32-26(33(24)2)31-22-13-18(3-5-21(22)27)17-7-10-28-11-8-17;1-9(19)18-14-8-11(5-6-17-14)20-10-3-4-13(16-2)12(15)7-10;13-11-2-1-10(7-12(11)15-8-16)9-3-5-14-6-4-9;;;/h3-15H,1-2H3,(H,31,32)(H,29,30,34);3-8,16H,15H2,1-2H3,(H,17,18,19);1-7H;3*1H4. The minimum atomic E-state index is -0.407. The Morgan fingerprint density at radius 3 is 1.66 bits per heavy atom. The number of amides is 2. The molecule has 0 saturated heterocycles. The van der Waals surface area contributed by atoms with Crippen LogP contribution in [0, 0.1) is 11.6 Å². The molecule has 5 heterocycles. The smallest absolute Gasteiger partial charge is 0.222 e. The number of nitrogens with zero attached hydrogens (tertiary/aromatic N) is 7. The number of pyridine rings is 4. The topological polar surface area (TPSA) is 208 Å². The molecule has 2 amide bonds. The number of aryl methyl sites for hydroxylation is 1. The van der Waals surface area contributed by atoms with Crippen molar-refractivity contribution < 1.29 is 27.8 Å². The first-order chi connectivity index (χ1) is 34.3. The molecule has 0 unspecified atom stereocenters. The lowest BCUT2D eigenvalue weighted by Gasteiger charge is -2.10. The van der Waals surface area contributed by atoms with Gasteiger partial charge >= 0.3 is 0 Å². The maximum Gasteiger partial charge on any atom is 0.222 e. The number of nitrogen functional groups attached to an aromatic ring is 1. The molecule has 5 aromatic heterocycles. The molecule has 16 nitrogen and oxygen atoms in total. The molecular weight excluding hydrogens is 963 g/mol. The molecule has 0 bridgehead atoms. The fraction of sp³-hybridized carbons (Fsp3) is 0.127. The third kappa shape index (κ3) is 15.5. The number of fused-ring (bicyclic) bond motifs is 1. The molecule has 4 aromatic carbocycles. The van der Waals surface area contributed by atoms with Gasteiger partial charge in [0.1, 0.15) is 52.0 Å². The second kappa shape index (κ2) is 27.2. The van der Waals surface area contributed by atoms with Crippen LogP contribution < -0.4 is 36.5 Å². The van der Waals surface area contributed by atoms with Crippen molar-refractivity contribution in [2.75, 3.05) is 34.0 Å². The molecule has 9 aromatic rings. The van der Waals surface area contributed by atoms with Gasteiger partial charge in [-0.05, 0) is 119 Å². The zero-order chi connectivity index (χ0) is 50.3. The Labute approximate surface area is 433 Å². The largest absolute Gasteiger partial charge is 0.457 e. The Hall–Kier alpha value is -9.45. The Morgan fingerprint density at radius 1 is 0.622 bits per heavy atom. The number of aliphatic imine (C=N–C) groups is 1. The number of aromatic nitrogens is 6. The van der Waals surface area contributed by atoms with E-state index in [4.69, 9.17) is 15.2 Å². The highest BCUT2D eigenvalue weighted by molar-refractivity contribution is 7.78. The number of hydrogen-bond acceptors (Lipinski definition) is 14. The van der Waals surface area contributed by atoms with E-state index in [1.807, 2.05) is 54.1 Å². The van der Waals surface area contributed by atoms with Gasteiger partial charge in [0.2, 0.25) is 17.8 Å². The summed E-state index contributed by atoms with van der Waals surface area (Å²) in [5.74, 6) is 2.40. The number of isothiocyanates is 1. The quantitative estimate of drug-likeness (QED) is 0.0439. The summed E-state index contributed by atoms with van der Waals surface area (Å²) < 4.78 is 41.4. The summed E-state index contributed by atoms with van der Waals surface area (Å²) in [6, 6.07) is 34.5. The number of thiocarbonyl (C=S) groups is 1. The third-order valence-corrected chi connectivity index (χ3v) is 10.1. The number of carbonyl (C=O) groups is 2. The van der Waals surface area contributed by atoms with Gasteiger partial charge < -0.3 is 41.0 Å². The predicted molar refractivity (Wildman–Crippen MR) is 296 cm³/mol. The van der Waals surface area contributed by atoms with Crippen LogP contribution in [-0.2, 0) is 16.6 Å². The van der Waals surface area contributed by atoms with Crippen LogP contribution in [0.15, 0.2) is 164 Å². The van der Waals surface area contributed by atoms with Crippen molar-refractivity contribution >= 4 is 80.6 Å². The first-order valence-electron chi connectivity index (χ1n) is 21.5. The zero-order valence-electron chi connectivity index (χ0n) is 38.5. The maximum absolute atomic E-state index is 14.6. The molecule has 9 rings (SSSR count). The number of rotatable bonds is 12. The molecule has 0 radical (unpaired) electrons. The van der Waals surface area contributed by atoms with Crippen LogP contribution in [0.1, 0.15) is 36.1 Å². The van der Waals surface area contributed by atoms with Crippen molar-refractivity contribution in [3.8, 4) is 45.3 Å². The van der Waals surface area contributed by atoms with Crippen LogP contribution in [0.25, 0.3) is 33.3 Å². The monoisotopic (exact) mass is 1020 g/mol. The van der Waals surface area contributed by atoms with Gasteiger partial charge in [0.15, 0.2) is 0 Å². The Balaban J connectivity index is 0.000000259. The lowest BCUT2D eigenvalue weighted by molar-refractivity contribution is -0.115. The SMILES string of the molecule is C.C.C.CC(=O)Nc1cc(Oc2ccc3c(c2)nc(Nc2cc(-c4ccncc4)ccc2F)n3C)ccn1.CNc1ccc(Oc2ccnc(NC(C)=O)c2)cc1N.Fc1ccc(-c2ccncc2)cc1N=C=S. The molecule has 0 saturated carbocycles. The van der Waals surface area contributed by atoms with Crippen LogP contribution in [0.3, 0.4) is 0 Å². The molecule has 0 atom stereocenters. The van der Waals surface area contributed by atoms with Crippen LogP contribution in [-0.4, -0.2) is 53.5 Å². The van der Waals surface area contributed by atoms with Gasteiger partial charge in [0.25, 0.3) is 0 Å². The van der Waals surface area contributed by atoms with Crippen LogP contribution >= 0.6 is 12.2 Å². The Bertz CT molecular complexity index is 3380. The average Bonchev–Trinajstić information content (AvgIpc) is 3.67. The highest BCUT2D eigenvalue weighted by Crippen LogP contribution is 2.32. The summed E-state index contributed by atoms with van der Waals surface area (Å²) in [4.78, 5) is 46.6. The summed E-state index contributed by atoms with van der Waals surface area (Å²) in [5.41, 5.74) is 13.0. The molecular formula is C55H56F2N12O4S. The molecule has 6 N–H and O–H groups in total. The van der Waals surface area contributed by atoms with E-state index >= 15 is 0 Å². The van der Waals surface area contributed by atoms with Gasteiger partial charge in [-0.1, -0.05) is 34.4 Å². The first kappa shape index (κ1) is 57.1. The van der Waals surface area contributed by atoms with Crippen molar-refractivity contribution in [2.24, 2.45) is 12.0 Å². The second-order valence-corrected chi connectivity index (χ2v) is 15.3. The Kier molecular flexibility index (Phi) is 21.0. The van der Waals surface area contributed by atoms with E-state index in [1.54, 1.807) is 111 Å². The van der Waals surface area contributed by atoms with Crippen molar-refractivity contribution in [3.05, 3.63) is 170 Å². The lowest BCUT2D eigenvalue weighted by atomic mass is 10.1. The van der Waals surface area contributed by atoms with Crippen molar-refractivity contribution in [3.63, 3.8) is 0 Å². The number of benzene rings is 4.